The third kappa shape index (κ3) is 4.15. The molecule has 0 aliphatic carbocycles. The lowest BCUT2D eigenvalue weighted by molar-refractivity contribution is 0.0600. The Kier molecular flexibility index (Phi) is 5.23. The molecule has 0 amide bonds. The van der Waals surface area contributed by atoms with Crippen molar-refractivity contribution in [1.82, 2.24) is 14.7 Å². The van der Waals surface area contributed by atoms with Crippen LogP contribution in [0.2, 0.25) is 0 Å². The van der Waals surface area contributed by atoms with Crippen molar-refractivity contribution < 1.29 is 0 Å². The maximum atomic E-state index is 5.88. The van der Waals surface area contributed by atoms with Gasteiger partial charge in [0, 0.05) is 44.8 Å². The molecule has 2 saturated heterocycles. The summed E-state index contributed by atoms with van der Waals surface area (Å²) < 4.78 is 0. The van der Waals surface area contributed by atoms with E-state index in [1.54, 1.807) is 0 Å². The predicted octanol–water partition coefficient (Wildman–Crippen LogP) is 0.683. The van der Waals surface area contributed by atoms with Crippen molar-refractivity contribution in [3.63, 3.8) is 0 Å². The molecular weight excluding hydrogens is 236 g/mol. The number of piperidine rings is 1. The van der Waals surface area contributed by atoms with Crippen molar-refractivity contribution in [2.24, 2.45) is 11.7 Å². The van der Waals surface area contributed by atoms with Crippen molar-refractivity contribution in [2.75, 3.05) is 59.4 Å². The summed E-state index contributed by atoms with van der Waals surface area (Å²) in [5, 5.41) is 0. The molecule has 0 aromatic heterocycles. The fourth-order valence-electron chi connectivity index (χ4n) is 3.25. The standard InChI is InChI=1S/C15H32N4/c1-15(2,13-16)19-6-4-14(5-7-19)12-18-10-8-17(3)9-11-18/h14H,4-13,16H2,1-3H3. The summed E-state index contributed by atoms with van der Waals surface area (Å²) in [7, 11) is 2.23. The lowest BCUT2D eigenvalue weighted by Gasteiger charge is -2.43. The van der Waals surface area contributed by atoms with Crippen molar-refractivity contribution >= 4 is 0 Å². The number of nitrogens with zero attached hydrogens (tertiary/aromatic N) is 3. The minimum Gasteiger partial charge on any atom is -0.329 e. The molecule has 0 saturated carbocycles. The van der Waals surface area contributed by atoms with Crippen molar-refractivity contribution in [3.05, 3.63) is 0 Å². The lowest BCUT2D eigenvalue weighted by Crippen LogP contribution is -2.53. The number of nitrogens with two attached hydrogens (primary N) is 1. The van der Waals surface area contributed by atoms with Crippen LogP contribution in [0.15, 0.2) is 0 Å². The zero-order chi connectivity index (χ0) is 13.9. The molecule has 2 aliphatic heterocycles. The maximum absolute atomic E-state index is 5.88. The van der Waals surface area contributed by atoms with Crippen molar-refractivity contribution in [1.29, 1.82) is 0 Å². The van der Waals surface area contributed by atoms with Crippen LogP contribution in [-0.2, 0) is 0 Å². The first-order valence-corrected chi connectivity index (χ1v) is 7.87. The van der Waals surface area contributed by atoms with Gasteiger partial charge in [0.2, 0.25) is 0 Å². The van der Waals surface area contributed by atoms with E-state index in [-0.39, 0.29) is 5.54 Å². The summed E-state index contributed by atoms with van der Waals surface area (Å²) >= 11 is 0. The summed E-state index contributed by atoms with van der Waals surface area (Å²) in [6, 6.07) is 0. The largest absolute Gasteiger partial charge is 0.329 e. The molecule has 2 heterocycles. The molecular formula is C15H32N4. The average molecular weight is 268 g/mol. The van der Waals surface area contributed by atoms with Gasteiger partial charge in [0.05, 0.1) is 0 Å². The third-order valence-corrected chi connectivity index (χ3v) is 5.08. The second-order valence-corrected chi connectivity index (χ2v) is 7.05. The van der Waals surface area contributed by atoms with Crippen LogP contribution in [0.25, 0.3) is 0 Å². The molecule has 0 spiro atoms. The van der Waals surface area contributed by atoms with E-state index in [4.69, 9.17) is 5.73 Å². The normalized spacial score (nSPS) is 25.9. The molecule has 4 nitrogen and oxygen atoms in total. The van der Waals surface area contributed by atoms with E-state index in [0.29, 0.717) is 0 Å². The molecule has 19 heavy (non-hydrogen) atoms. The predicted molar refractivity (Wildman–Crippen MR) is 81.4 cm³/mol. The third-order valence-electron chi connectivity index (χ3n) is 5.08. The fourth-order valence-corrected chi connectivity index (χ4v) is 3.25. The summed E-state index contributed by atoms with van der Waals surface area (Å²) in [6.45, 7) is 14.0. The highest BCUT2D eigenvalue weighted by atomic mass is 15.3. The van der Waals surface area contributed by atoms with Crippen LogP contribution in [0, 0.1) is 5.92 Å². The van der Waals surface area contributed by atoms with Gasteiger partial charge in [0.1, 0.15) is 0 Å². The van der Waals surface area contributed by atoms with Gasteiger partial charge in [-0.25, -0.2) is 0 Å². The first-order valence-electron chi connectivity index (χ1n) is 7.87. The monoisotopic (exact) mass is 268 g/mol. The van der Waals surface area contributed by atoms with Crippen LogP contribution >= 0.6 is 0 Å². The van der Waals surface area contributed by atoms with Crippen LogP contribution in [0.3, 0.4) is 0 Å². The summed E-state index contributed by atoms with van der Waals surface area (Å²) in [5.74, 6) is 0.897. The Morgan fingerprint density at radius 3 is 2.11 bits per heavy atom. The Bertz CT molecular complexity index is 263. The average Bonchev–Trinajstić information content (AvgIpc) is 2.42. The number of hydrogen-bond acceptors (Lipinski definition) is 4. The molecule has 0 unspecified atom stereocenters. The minimum absolute atomic E-state index is 0.179. The van der Waals surface area contributed by atoms with Gasteiger partial charge in [-0.2, -0.15) is 0 Å². The number of piperazine rings is 1. The summed E-state index contributed by atoms with van der Waals surface area (Å²) in [4.78, 5) is 7.67. The van der Waals surface area contributed by atoms with Gasteiger partial charge < -0.3 is 15.5 Å². The number of likely N-dealkylation sites (tertiary alicyclic amines) is 1. The molecule has 0 radical (unpaired) electrons. The lowest BCUT2D eigenvalue weighted by atomic mass is 9.91. The molecule has 112 valence electrons. The number of likely N-dealkylation sites (N-methyl/N-ethyl adjacent to an activating group) is 1. The Labute approximate surface area is 118 Å². The second-order valence-electron chi connectivity index (χ2n) is 7.05. The van der Waals surface area contributed by atoms with E-state index < -0.39 is 0 Å². The maximum Gasteiger partial charge on any atom is 0.0275 e. The van der Waals surface area contributed by atoms with E-state index in [9.17, 15) is 0 Å². The first-order chi connectivity index (χ1) is 9.01. The zero-order valence-electron chi connectivity index (χ0n) is 13.1. The molecule has 2 aliphatic rings. The SMILES string of the molecule is CN1CCN(CC2CCN(C(C)(C)CN)CC2)CC1. The van der Waals surface area contributed by atoms with Gasteiger partial charge in [-0.3, -0.25) is 4.90 Å². The molecule has 2 rings (SSSR count). The molecule has 0 atom stereocenters. The quantitative estimate of drug-likeness (QED) is 0.813. The van der Waals surface area contributed by atoms with Crippen molar-refractivity contribution in [2.45, 2.75) is 32.2 Å². The summed E-state index contributed by atoms with van der Waals surface area (Å²) in [6.07, 6.45) is 2.69. The highest BCUT2D eigenvalue weighted by Crippen LogP contribution is 2.24. The highest BCUT2D eigenvalue weighted by Gasteiger charge is 2.30. The summed E-state index contributed by atoms with van der Waals surface area (Å²) in [5.41, 5.74) is 6.06. The molecule has 0 aromatic rings. The molecule has 2 fully saturated rings. The minimum atomic E-state index is 0.179. The van der Waals surface area contributed by atoms with E-state index >= 15 is 0 Å². The molecule has 2 N–H and O–H groups in total. The topological polar surface area (TPSA) is 35.7 Å². The van der Waals surface area contributed by atoms with Gasteiger partial charge in [-0.15, -0.1) is 0 Å². The number of hydrogen-bond donors (Lipinski definition) is 1. The zero-order valence-corrected chi connectivity index (χ0v) is 13.1. The van der Waals surface area contributed by atoms with Gasteiger partial charge in [0.15, 0.2) is 0 Å². The molecule has 0 aromatic carbocycles. The van der Waals surface area contributed by atoms with Crippen LogP contribution in [0.1, 0.15) is 26.7 Å². The molecule has 0 bridgehead atoms. The Hall–Kier alpha value is -0.160. The Balaban J connectivity index is 1.72. The fraction of sp³-hybridized carbons (Fsp3) is 1.00. The van der Waals surface area contributed by atoms with Crippen molar-refractivity contribution in [3.8, 4) is 0 Å². The number of rotatable bonds is 4. The van der Waals surface area contributed by atoms with Gasteiger partial charge >= 0.3 is 0 Å². The van der Waals surface area contributed by atoms with E-state index in [0.717, 1.165) is 12.5 Å². The smallest absolute Gasteiger partial charge is 0.0275 e. The van der Waals surface area contributed by atoms with E-state index in [1.807, 2.05) is 0 Å². The first kappa shape index (κ1) is 15.2. The molecule has 4 heteroatoms. The van der Waals surface area contributed by atoms with Crippen LogP contribution < -0.4 is 5.73 Å². The van der Waals surface area contributed by atoms with E-state index in [2.05, 4.69) is 35.6 Å². The van der Waals surface area contributed by atoms with Crippen LogP contribution in [0.4, 0.5) is 0 Å². The Morgan fingerprint density at radius 1 is 1.00 bits per heavy atom. The van der Waals surface area contributed by atoms with Gasteiger partial charge in [-0.1, -0.05) is 0 Å². The van der Waals surface area contributed by atoms with Gasteiger partial charge in [-0.05, 0) is 52.7 Å². The van der Waals surface area contributed by atoms with Crippen LogP contribution in [0.5, 0.6) is 0 Å². The highest BCUT2D eigenvalue weighted by molar-refractivity contribution is 4.87. The Morgan fingerprint density at radius 2 is 1.58 bits per heavy atom. The van der Waals surface area contributed by atoms with Crippen LogP contribution in [-0.4, -0.2) is 79.6 Å². The van der Waals surface area contributed by atoms with Gasteiger partial charge in [0.25, 0.3) is 0 Å². The second kappa shape index (κ2) is 6.53. The van der Waals surface area contributed by atoms with E-state index in [1.165, 1.54) is 58.7 Å².